The molecule has 0 unspecified atom stereocenters. The number of rotatable bonds is 2. The SMILES string of the molecule is COP(C)(=O)OC.[Li]. The van der Waals surface area contributed by atoms with E-state index in [0.29, 0.717) is 0 Å². The molecule has 0 aliphatic carbocycles. The molecule has 0 saturated heterocycles. The zero-order valence-corrected chi connectivity index (χ0v) is 6.57. The molecule has 0 fully saturated rings. The van der Waals surface area contributed by atoms with Crippen molar-refractivity contribution < 1.29 is 13.6 Å². The maximum Gasteiger partial charge on any atom is 0.327 e. The predicted molar refractivity (Wildman–Crippen MR) is 33.3 cm³/mol. The quantitative estimate of drug-likeness (QED) is 0.409. The van der Waals surface area contributed by atoms with E-state index < -0.39 is 7.60 Å². The van der Waals surface area contributed by atoms with Crippen molar-refractivity contribution in [1.82, 2.24) is 0 Å². The van der Waals surface area contributed by atoms with Crippen LogP contribution in [0.3, 0.4) is 0 Å². The van der Waals surface area contributed by atoms with Crippen molar-refractivity contribution in [2.24, 2.45) is 0 Å². The number of hydrogen-bond donors (Lipinski definition) is 0. The first-order valence-corrected chi connectivity index (χ1v) is 3.80. The average molecular weight is 131 g/mol. The summed E-state index contributed by atoms with van der Waals surface area (Å²) in [5.74, 6) is 0. The molecule has 5 heteroatoms. The van der Waals surface area contributed by atoms with Crippen molar-refractivity contribution >= 4 is 26.5 Å². The molecular formula is C3H9LiO3P. The molecule has 0 aliphatic heterocycles. The van der Waals surface area contributed by atoms with Gasteiger partial charge in [-0.25, -0.2) is 0 Å². The van der Waals surface area contributed by atoms with E-state index in [4.69, 9.17) is 0 Å². The fourth-order valence-corrected chi connectivity index (χ4v) is 0.224. The maximum atomic E-state index is 10.5. The minimum absolute atomic E-state index is 0. The smallest absolute Gasteiger partial charge is 0.312 e. The van der Waals surface area contributed by atoms with Crippen LogP contribution in [0.4, 0.5) is 0 Å². The Balaban J connectivity index is 0. The standard InChI is InChI=1S/C3H9O3P.Li/c1-5-7(3,4)6-2;/h1-3H3;. The Morgan fingerprint density at radius 3 is 1.50 bits per heavy atom. The van der Waals surface area contributed by atoms with Crippen molar-refractivity contribution in [2.45, 2.75) is 0 Å². The van der Waals surface area contributed by atoms with Gasteiger partial charge in [-0.15, -0.1) is 0 Å². The molecule has 0 N–H and O–H groups in total. The van der Waals surface area contributed by atoms with E-state index in [1.807, 2.05) is 0 Å². The molecule has 0 aromatic rings. The molecule has 0 heterocycles. The van der Waals surface area contributed by atoms with Crippen LogP contribution < -0.4 is 0 Å². The van der Waals surface area contributed by atoms with E-state index >= 15 is 0 Å². The fourth-order valence-electron chi connectivity index (χ4n) is 0.0745. The van der Waals surface area contributed by atoms with Gasteiger partial charge in [0, 0.05) is 39.7 Å². The third kappa shape index (κ3) is 4.90. The summed E-state index contributed by atoms with van der Waals surface area (Å²) in [6, 6.07) is 0. The Morgan fingerprint density at radius 1 is 1.25 bits per heavy atom. The summed E-state index contributed by atoms with van der Waals surface area (Å²) in [6.07, 6.45) is 0. The Bertz CT molecular complexity index is 86.5. The molecule has 0 rings (SSSR count). The number of hydrogen-bond acceptors (Lipinski definition) is 3. The Hall–Kier alpha value is 0.747. The van der Waals surface area contributed by atoms with Gasteiger partial charge in [0.25, 0.3) is 0 Å². The van der Waals surface area contributed by atoms with Gasteiger partial charge < -0.3 is 9.05 Å². The van der Waals surface area contributed by atoms with E-state index in [9.17, 15) is 4.57 Å². The van der Waals surface area contributed by atoms with Crippen LogP contribution in [0.1, 0.15) is 0 Å². The third-order valence-electron chi connectivity index (χ3n) is 0.663. The summed E-state index contributed by atoms with van der Waals surface area (Å²) < 4.78 is 19.3. The van der Waals surface area contributed by atoms with Gasteiger partial charge in [0.15, 0.2) is 0 Å². The maximum absolute atomic E-state index is 10.5. The van der Waals surface area contributed by atoms with Crippen LogP contribution >= 0.6 is 7.60 Å². The molecule has 1 radical (unpaired) electrons. The van der Waals surface area contributed by atoms with E-state index in [1.165, 1.54) is 20.9 Å². The molecule has 0 bridgehead atoms. The van der Waals surface area contributed by atoms with Crippen molar-refractivity contribution in [1.29, 1.82) is 0 Å². The van der Waals surface area contributed by atoms with Gasteiger partial charge in [-0.05, 0) is 0 Å². The second kappa shape index (κ2) is 4.61. The van der Waals surface area contributed by atoms with Gasteiger partial charge in [-0.2, -0.15) is 0 Å². The molecule has 0 aliphatic rings. The molecule has 45 valence electrons. The van der Waals surface area contributed by atoms with Gasteiger partial charge in [-0.3, -0.25) is 4.57 Å². The zero-order valence-electron chi connectivity index (χ0n) is 5.67. The largest absolute Gasteiger partial charge is 0.327 e. The predicted octanol–water partition coefficient (Wildman–Crippen LogP) is 0.721. The van der Waals surface area contributed by atoms with Gasteiger partial charge in [0.05, 0.1) is 0 Å². The fraction of sp³-hybridized carbons (Fsp3) is 1.00. The van der Waals surface area contributed by atoms with Gasteiger partial charge in [0.2, 0.25) is 0 Å². The molecule has 0 saturated carbocycles. The average Bonchev–Trinajstić information content (AvgIpc) is 1.68. The Morgan fingerprint density at radius 2 is 1.50 bits per heavy atom. The monoisotopic (exact) mass is 131 g/mol. The summed E-state index contributed by atoms with van der Waals surface area (Å²) >= 11 is 0. The first-order chi connectivity index (χ1) is 3.12. The second-order valence-corrected chi connectivity index (χ2v) is 3.41. The molecule has 0 aromatic heterocycles. The van der Waals surface area contributed by atoms with E-state index in [1.54, 1.807) is 0 Å². The van der Waals surface area contributed by atoms with Crippen molar-refractivity contribution in [3.8, 4) is 0 Å². The Labute approximate surface area is 61.5 Å². The Kier molecular flexibility index (Phi) is 6.65. The first kappa shape index (κ1) is 11.5. The van der Waals surface area contributed by atoms with Gasteiger partial charge >= 0.3 is 7.60 Å². The molecule has 0 aromatic carbocycles. The minimum Gasteiger partial charge on any atom is -0.312 e. The van der Waals surface area contributed by atoms with Crippen molar-refractivity contribution in [3.63, 3.8) is 0 Å². The zero-order chi connectivity index (χ0) is 5.91. The second-order valence-electron chi connectivity index (χ2n) is 1.14. The summed E-state index contributed by atoms with van der Waals surface area (Å²) in [4.78, 5) is 0. The molecule has 3 nitrogen and oxygen atoms in total. The van der Waals surface area contributed by atoms with Crippen molar-refractivity contribution in [3.05, 3.63) is 0 Å². The summed E-state index contributed by atoms with van der Waals surface area (Å²) in [7, 11) is 0.0486. The van der Waals surface area contributed by atoms with Crippen LogP contribution in [-0.4, -0.2) is 39.7 Å². The van der Waals surface area contributed by atoms with Crippen LogP contribution in [0, 0.1) is 0 Å². The van der Waals surface area contributed by atoms with Crippen LogP contribution in [0.2, 0.25) is 0 Å². The van der Waals surface area contributed by atoms with Crippen molar-refractivity contribution in [2.75, 3.05) is 20.9 Å². The molecule has 0 spiro atoms. The van der Waals surface area contributed by atoms with Crippen LogP contribution in [0.5, 0.6) is 0 Å². The summed E-state index contributed by atoms with van der Waals surface area (Å²) in [5.41, 5.74) is 0. The topological polar surface area (TPSA) is 35.5 Å². The summed E-state index contributed by atoms with van der Waals surface area (Å²) in [5, 5.41) is 0. The normalized spacial score (nSPS) is 10.4. The van der Waals surface area contributed by atoms with E-state index in [2.05, 4.69) is 9.05 Å². The van der Waals surface area contributed by atoms with E-state index in [0.717, 1.165) is 0 Å². The van der Waals surface area contributed by atoms with Crippen LogP contribution in [-0.2, 0) is 13.6 Å². The third-order valence-corrected chi connectivity index (χ3v) is 1.99. The molecule has 8 heavy (non-hydrogen) atoms. The van der Waals surface area contributed by atoms with Gasteiger partial charge in [-0.1, -0.05) is 0 Å². The summed E-state index contributed by atoms with van der Waals surface area (Å²) in [6.45, 7) is 1.41. The van der Waals surface area contributed by atoms with Gasteiger partial charge in [0.1, 0.15) is 0 Å². The molecule has 0 atom stereocenters. The van der Waals surface area contributed by atoms with E-state index in [-0.39, 0.29) is 18.9 Å². The molecule has 0 amide bonds. The molecular weight excluding hydrogens is 122 g/mol. The first-order valence-electron chi connectivity index (χ1n) is 1.81. The minimum atomic E-state index is -2.65. The van der Waals surface area contributed by atoms with Crippen LogP contribution in [0.15, 0.2) is 0 Å². The van der Waals surface area contributed by atoms with Crippen LogP contribution in [0.25, 0.3) is 0 Å².